The molecule has 2 aliphatic carbocycles. The summed E-state index contributed by atoms with van der Waals surface area (Å²) in [7, 11) is 1.91. The van der Waals surface area contributed by atoms with Crippen LogP contribution in [0.3, 0.4) is 0 Å². The van der Waals surface area contributed by atoms with Gasteiger partial charge in [-0.1, -0.05) is 6.92 Å². The fourth-order valence-corrected chi connectivity index (χ4v) is 2.96. The largest absolute Gasteiger partial charge is 0.373 e. The van der Waals surface area contributed by atoms with Crippen LogP contribution in [0.25, 0.3) is 0 Å². The second kappa shape index (κ2) is 4.41. The lowest BCUT2D eigenvalue weighted by Gasteiger charge is -2.18. The van der Waals surface area contributed by atoms with Gasteiger partial charge in [-0.25, -0.2) is 9.97 Å². The number of aromatic nitrogens is 2. The van der Waals surface area contributed by atoms with Crippen molar-refractivity contribution in [1.29, 1.82) is 0 Å². The van der Waals surface area contributed by atoms with Crippen molar-refractivity contribution >= 4 is 11.6 Å². The van der Waals surface area contributed by atoms with Crippen LogP contribution in [0.2, 0.25) is 0 Å². The summed E-state index contributed by atoms with van der Waals surface area (Å²) in [5, 5.41) is 6.72. The monoisotopic (exact) mass is 246 g/mol. The molecule has 2 N–H and O–H groups in total. The Labute approximate surface area is 109 Å². The molecule has 0 aromatic carbocycles. The normalized spacial score (nSPS) is 20.6. The van der Waals surface area contributed by atoms with E-state index in [-0.39, 0.29) is 0 Å². The molecule has 2 fully saturated rings. The van der Waals surface area contributed by atoms with Gasteiger partial charge in [0, 0.05) is 19.2 Å². The highest BCUT2D eigenvalue weighted by atomic mass is 15.1. The van der Waals surface area contributed by atoms with Crippen LogP contribution in [0, 0.1) is 11.3 Å². The first-order valence-electron chi connectivity index (χ1n) is 7.04. The minimum atomic E-state index is 0.607. The summed E-state index contributed by atoms with van der Waals surface area (Å²) in [6.45, 7) is 3.24. The number of rotatable bonds is 6. The van der Waals surface area contributed by atoms with E-state index in [0.717, 1.165) is 30.5 Å². The van der Waals surface area contributed by atoms with Gasteiger partial charge in [-0.3, -0.25) is 0 Å². The molecule has 0 spiro atoms. The maximum Gasteiger partial charge on any atom is 0.134 e. The summed E-state index contributed by atoms with van der Waals surface area (Å²) in [4.78, 5) is 8.68. The molecule has 4 heteroatoms. The predicted molar refractivity (Wildman–Crippen MR) is 73.8 cm³/mol. The van der Waals surface area contributed by atoms with Crippen LogP contribution >= 0.6 is 0 Å². The van der Waals surface area contributed by atoms with E-state index in [1.807, 2.05) is 7.05 Å². The first-order valence-corrected chi connectivity index (χ1v) is 7.04. The lowest BCUT2D eigenvalue weighted by atomic mass is 10.0. The van der Waals surface area contributed by atoms with Gasteiger partial charge in [0.15, 0.2) is 0 Å². The molecule has 1 heterocycles. The molecular weight excluding hydrogens is 224 g/mol. The van der Waals surface area contributed by atoms with Crippen LogP contribution in [0.1, 0.15) is 38.2 Å². The number of nitrogens with zero attached hydrogens (tertiary/aromatic N) is 2. The molecule has 0 radical (unpaired) electrons. The smallest absolute Gasteiger partial charge is 0.134 e. The Morgan fingerprint density at radius 2 is 2.00 bits per heavy atom. The van der Waals surface area contributed by atoms with Crippen LogP contribution in [0.4, 0.5) is 11.6 Å². The Balaban J connectivity index is 1.72. The van der Waals surface area contributed by atoms with E-state index in [1.165, 1.54) is 31.2 Å². The summed E-state index contributed by atoms with van der Waals surface area (Å²) in [5.74, 6) is 2.95. The van der Waals surface area contributed by atoms with Crippen molar-refractivity contribution in [3.63, 3.8) is 0 Å². The maximum absolute atomic E-state index is 4.41. The number of hydrogen-bond acceptors (Lipinski definition) is 4. The van der Waals surface area contributed by atoms with Crippen LogP contribution in [0.5, 0.6) is 0 Å². The Hall–Kier alpha value is -1.32. The minimum Gasteiger partial charge on any atom is -0.373 e. The third kappa shape index (κ3) is 2.04. The molecule has 18 heavy (non-hydrogen) atoms. The van der Waals surface area contributed by atoms with E-state index in [9.17, 15) is 0 Å². The lowest BCUT2D eigenvalue weighted by Crippen LogP contribution is -2.19. The van der Waals surface area contributed by atoms with Gasteiger partial charge in [-0.15, -0.1) is 0 Å². The topological polar surface area (TPSA) is 49.8 Å². The van der Waals surface area contributed by atoms with E-state index in [0.29, 0.717) is 5.41 Å². The van der Waals surface area contributed by atoms with E-state index < -0.39 is 0 Å². The lowest BCUT2D eigenvalue weighted by molar-refractivity contribution is 0.466. The Bertz CT molecular complexity index is 435. The van der Waals surface area contributed by atoms with E-state index >= 15 is 0 Å². The summed E-state index contributed by atoms with van der Waals surface area (Å²) in [6, 6.07) is 0. The van der Waals surface area contributed by atoms with Gasteiger partial charge < -0.3 is 10.6 Å². The van der Waals surface area contributed by atoms with E-state index in [2.05, 4.69) is 27.5 Å². The molecule has 0 unspecified atom stereocenters. The molecule has 1 aromatic rings. The second-order valence-corrected chi connectivity index (χ2v) is 5.64. The molecule has 0 bridgehead atoms. The van der Waals surface area contributed by atoms with Crippen molar-refractivity contribution in [3.8, 4) is 0 Å². The minimum absolute atomic E-state index is 0.607. The average molecular weight is 246 g/mol. The van der Waals surface area contributed by atoms with Gasteiger partial charge in [0.05, 0.1) is 0 Å². The fourth-order valence-electron chi connectivity index (χ4n) is 2.96. The summed E-state index contributed by atoms with van der Waals surface area (Å²) in [5.41, 5.74) is 1.81. The zero-order valence-corrected chi connectivity index (χ0v) is 11.3. The van der Waals surface area contributed by atoms with Crippen LogP contribution in [-0.4, -0.2) is 23.6 Å². The summed E-state index contributed by atoms with van der Waals surface area (Å²) in [6.07, 6.45) is 8.27. The Morgan fingerprint density at radius 3 is 2.56 bits per heavy atom. The van der Waals surface area contributed by atoms with Crippen molar-refractivity contribution in [2.45, 2.75) is 39.0 Å². The van der Waals surface area contributed by atoms with Gasteiger partial charge in [-0.2, -0.15) is 0 Å². The first-order chi connectivity index (χ1) is 8.79. The molecule has 2 aliphatic rings. The van der Waals surface area contributed by atoms with Gasteiger partial charge in [-0.05, 0) is 43.4 Å². The maximum atomic E-state index is 4.41. The van der Waals surface area contributed by atoms with Gasteiger partial charge >= 0.3 is 0 Å². The first kappa shape index (κ1) is 11.8. The third-order valence-corrected chi connectivity index (χ3v) is 4.48. The molecule has 1 aromatic heterocycles. The molecule has 98 valence electrons. The number of nitrogens with one attached hydrogen (secondary N) is 2. The zero-order chi connectivity index (χ0) is 12.6. The van der Waals surface area contributed by atoms with Crippen molar-refractivity contribution in [2.75, 3.05) is 24.2 Å². The molecule has 0 atom stereocenters. The van der Waals surface area contributed by atoms with Gasteiger partial charge in [0.25, 0.3) is 0 Å². The molecule has 0 amide bonds. The summed E-state index contributed by atoms with van der Waals surface area (Å²) >= 11 is 0. The van der Waals surface area contributed by atoms with Crippen LogP contribution in [-0.2, 0) is 6.42 Å². The van der Waals surface area contributed by atoms with Gasteiger partial charge in [0.1, 0.15) is 18.0 Å². The fraction of sp³-hybridized carbons (Fsp3) is 0.714. The Kier molecular flexibility index (Phi) is 2.88. The van der Waals surface area contributed by atoms with Crippen molar-refractivity contribution in [1.82, 2.24) is 9.97 Å². The van der Waals surface area contributed by atoms with Crippen LogP contribution < -0.4 is 10.6 Å². The molecule has 0 aliphatic heterocycles. The van der Waals surface area contributed by atoms with Crippen molar-refractivity contribution in [3.05, 3.63) is 11.9 Å². The second-order valence-electron chi connectivity index (χ2n) is 5.64. The molecule has 2 saturated carbocycles. The molecule has 4 nitrogen and oxygen atoms in total. The Morgan fingerprint density at radius 1 is 1.28 bits per heavy atom. The average Bonchev–Trinajstić information content (AvgIpc) is 3.28. The molecule has 0 saturated heterocycles. The highest BCUT2D eigenvalue weighted by Gasteiger charge is 2.53. The number of hydrogen-bond donors (Lipinski definition) is 2. The van der Waals surface area contributed by atoms with Crippen LogP contribution in [0.15, 0.2) is 6.33 Å². The quantitative estimate of drug-likeness (QED) is 0.810. The number of anilines is 2. The standard InChI is InChI=1S/C14H22N4/c1-3-11-12(15-2)17-9-18-13(11)16-8-14(6-7-14)10-4-5-10/h9-10H,3-8H2,1-2H3,(H2,15,16,17,18). The van der Waals surface area contributed by atoms with Crippen molar-refractivity contribution < 1.29 is 0 Å². The van der Waals surface area contributed by atoms with E-state index in [4.69, 9.17) is 0 Å². The highest BCUT2D eigenvalue weighted by molar-refractivity contribution is 5.57. The predicted octanol–water partition coefficient (Wildman–Crippen LogP) is 2.68. The van der Waals surface area contributed by atoms with Gasteiger partial charge in [0.2, 0.25) is 0 Å². The van der Waals surface area contributed by atoms with E-state index in [1.54, 1.807) is 6.33 Å². The van der Waals surface area contributed by atoms with Crippen molar-refractivity contribution in [2.24, 2.45) is 11.3 Å². The zero-order valence-electron chi connectivity index (χ0n) is 11.3. The highest BCUT2D eigenvalue weighted by Crippen LogP contribution is 2.61. The summed E-state index contributed by atoms with van der Waals surface area (Å²) < 4.78 is 0. The molecular formula is C14H22N4. The third-order valence-electron chi connectivity index (χ3n) is 4.48. The SMILES string of the molecule is CCc1c(NC)ncnc1NCC1(C2CC2)CC1. The molecule has 3 rings (SSSR count).